The summed E-state index contributed by atoms with van der Waals surface area (Å²) in [4.78, 5) is 11.9. The van der Waals surface area contributed by atoms with Crippen LogP contribution < -0.4 is 0 Å². The summed E-state index contributed by atoms with van der Waals surface area (Å²) < 4.78 is 0. The molecule has 0 radical (unpaired) electrons. The van der Waals surface area contributed by atoms with Gasteiger partial charge in [-0.1, -0.05) is 43.5 Å². The first-order valence-corrected chi connectivity index (χ1v) is 6.94. The highest BCUT2D eigenvalue weighted by atomic mass is 16.1. The Balaban J connectivity index is 1.91. The number of Topliss-reactive ketones (excluding diaryl/α,β-unsaturated/α-hetero) is 1. The molecule has 1 aromatic rings. The van der Waals surface area contributed by atoms with Crippen molar-refractivity contribution in [2.24, 2.45) is 5.92 Å². The molecule has 90 valence electrons. The van der Waals surface area contributed by atoms with E-state index in [4.69, 9.17) is 0 Å². The third kappa shape index (κ3) is 2.15. The van der Waals surface area contributed by atoms with Crippen molar-refractivity contribution in [3.63, 3.8) is 0 Å². The molecular weight excluding hydrogens is 208 g/mol. The maximum absolute atomic E-state index is 11.9. The van der Waals surface area contributed by atoms with Crippen LogP contribution >= 0.6 is 0 Å². The first-order chi connectivity index (χ1) is 8.34. The van der Waals surface area contributed by atoms with Gasteiger partial charge in [-0.15, -0.1) is 0 Å². The average Bonchev–Trinajstić information content (AvgIpc) is 2.39. The molecule has 3 rings (SSSR count). The van der Waals surface area contributed by atoms with Crippen molar-refractivity contribution in [3.05, 3.63) is 35.4 Å². The van der Waals surface area contributed by atoms with Crippen molar-refractivity contribution in [1.29, 1.82) is 0 Å². The Hall–Kier alpha value is -1.11. The second-order valence-electron chi connectivity index (χ2n) is 5.62. The molecule has 1 heteroatoms. The Kier molecular flexibility index (Phi) is 3.00. The summed E-state index contributed by atoms with van der Waals surface area (Å²) in [7, 11) is 0. The molecule has 1 atom stereocenters. The van der Waals surface area contributed by atoms with Crippen molar-refractivity contribution >= 4 is 5.78 Å². The number of rotatable bonds is 1. The van der Waals surface area contributed by atoms with Gasteiger partial charge in [0.2, 0.25) is 0 Å². The van der Waals surface area contributed by atoms with Gasteiger partial charge in [0.25, 0.3) is 0 Å². The van der Waals surface area contributed by atoms with Crippen LogP contribution in [0.15, 0.2) is 24.3 Å². The predicted octanol–water partition coefficient (Wildman–Crippen LogP) is 3.87. The lowest BCUT2D eigenvalue weighted by Crippen LogP contribution is -2.25. The minimum atomic E-state index is 0.444. The summed E-state index contributed by atoms with van der Waals surface area (Å²) in [5.41, 5.74) is 2.76. The van der Waals surface area contributed by atoms with E-state index in [1.807, 2.05) is 0 Å². The Morgan fingerprint density at radius 3 is 2.59 bits per heavy atom. The van der Waals surface area contributed by atoms with E-state index in [-0.39, 0.29) is 0 Å². The number of fused-ring (bicyclic) bond motifs is 1. The molecular formula is C16H20O. The van der Waals surface area contributed by atoms with Crippen LogP contribution in [-0.2, 0) is 11.2 Å². The topological polar surface area (TPSA) is 17.1 Å². The lowest BCUT2D eigenvalue weighted by atomic mass is 9.70. The van der Waals surface area contributed by atoms with Crippen LogP contribution in [0.1, 0.15) is 55.6 Å². The number of hydrogen-bond acceptors (Lipinski definition) is 1. The highest BCUT2D eigenvalue weighted by molar-refractivity contribution is 5.84. The maximum Gasteiger partial charge on any atom is 0.137 e. The molecule has 0 spiro atoms. The van der Waals surface area contributed by atoms with Crippen LogP contribution in [-0.4, -0.2) is 5.78 Å². The van der Waals surface area contributed by atoms with Gasteiger partial charge in [0.15, 0.2) is 0 Å². The van der Waals surface area contributed by atoms with Crippen molar-refractivity contribution in [1.82, 2.24) is 0 Å². The smallest absolute Gasteiger partial charge is 0.137 e. The maximum atomic E-state index is 11.9. The van der Waals surface area contributed by atoms with E-state index in [1.165, 1.54) is 43.2 Å². The molecule has 1 fully saturated rings. The fourth-order valence-corrected chi connectivity index (χ4v) is 3.65. The van der Waals surface area contributed by atoms with E-state index in [9.17, 15) is 4.79 Å². The minimum absolute atomic E-state index is 0.444. The van der Waals surface area contributed by atoms with Gasteiger partial charge in [-0.3, -0.25) is 4.79 Å². The minimum Gasteiger partial charge on any atom is -0.299 e. The molecule has 1 nitrogen and oxygen atoms in total. The van der Waals surface area contributed by atoms with E-state index in [0.29, 0.717) is 18.1 Å². The van der Waals surface area contributed by atoms with Gasteiger partial charge in [-0.2, -0.15) is 0 Å². The van der Waals surface area contributed by atoms with E-state index >= 15 is 0 Å². The predicted molar refractivity (Wildman–Crippen MR) is 69.1 cm³/mol. The lowest BCUT2D eigenvalue weighted by molar-refractivity contribution is -0.119. The summed E-state index contributed by atoms with van der Waals surface area (Å²) in [5.74, 6) is 1.72. The normalized spacial score (nSPS) is 25.6. The van der Waals surface area contributed by atoms with Gasteiger partial charge in [-0.05, 0) is 35.8 Å². The second-order valence-corrected chi connectivity index (χ2v) is 5.62. The molecule has 0 aliphatic heterocycles. The van der Waals surface area contributed by atoms with Gasteiger partial charge < -0.3 is 0 Å². The largest absolute Gasteiger partial charge is 0.299 e. The molecule has 0 bridgehead atoms. The monoisotopic (exact) mass is 228 g/mol. The molecule has 0 heterocycles. The standard InChI is InChI=1S/C16H20O/c17-14-10-13-8-4-5-9-15(13)16(11-14)12-6-2-1-3-7-12/h4-5,8-9,12,16H,1-3,6-7,10-11H2. The summed E-state index contributed by atoms with van der Waals surface area (Å²) in [6.07, 6.45) is 8.22. The van der Waals surface area contributed by atoms with Crippen LogP contribution in [0.4, 0.5) is 0 Å². The van der Waals surface area contributed by atoms with E-state index in [1.54, 1.807) is 0 Å². The Morgan fingerprint density at radius 2 is 1.76 bits per heavy atom. The number of benzene rings is 1. The highest BCUT2D eigenvalue weighted by Crippen LogP contribution is 2.41. The van der Waals surface area contributed by atoms with Crippen molar-refractivity contribution in [2.45, 2.75) is 50.9 Å². The van der Waals surface area contributed by atoms with Crippen molar-refractivity contribution in [3.8, 4) is 0 Å². The number of carbonyl (C=O) groups is 1. The third-order valence-corrected chi connectivity index (χ3v) is 4.51. The third-order valence-electron chi connectivity index (χ3n) is 4.51. The Labute approximate surface area is 103 Å². The highest BCUT2D eigenvalue weighted by Gasteiger charge is 2.31. The lowest BCUT2D eigenvalue weighted by Gasteiger charge is -2.34. The summed E-state index contributed by atoms with van der Waals surface area (Å²) in [6.45, 7) is 0. The van der Waals surface area contributed by atoms with Gasteiger partial charge >= 0.3 is 0 Å². The molecule has 2 aliphatic rings. The number of ketones is 1. The van der Waals surface area contributed by atoms with E-state index in [0.717, 1.165) is 12.3 Å². The van der Waals surface area contributed by atoms with E-state index < -0.39 is 0 Å². The zero-order valence-electron chi connectivity index (χ0n) is 10.3. The Morgan fingerprint density at radius 1 is 1.00 bits per heavy atom. The molecule has 1 unspecified atom stereocenters. The fraction of sp³-hybridized carbons (Fsp3) is 0.562. The van der Waals surface area contributed by atoms with Crippen LogP contribution in [0.25, 0.3) is 0 Å². The Bertz CT molecular complexity index is 415. The molecule has 0 N–H and O–H groups in total. The van der Waals surface area contributed by atoms with Crippen LogP contribution in [0, 0.1) is 5.92 Å². The van der Waals surface area contributed by atoms with Crippen molar-refractivity contribution < 1.29 is 4.79 Å². The first-order valence-electron chi connectivity index (χ1n) is 6.94. The first kappa shape index (κ1) is 11.0. The zero-order valence-corrected chi connectivity index (χ0v) is 10.3. The second kappa shape index (κ2) is 4.64. The number of hydrogen-bond donors (Lipinski definition) is 0. The molecule has 0 aromatic heterocycles. The van der Waals surface area contributed by atoms with Crippen molar-refractivity contribution in [2.75, 3.05) is 0 Å². The van der Waals surface area contributed by atoms with Gasteiger partial charge in [-0.25, -0.2) is 0 Å². The molecule has 1 aromatic carbocycles. The SMILES string of the molecule is O=C1Cc2ccccc2C(C2CCCCC2)C1. The molecule has 2 aliphatic carbocycles. The zero-order chi connectivity index (χ0) is 11.7. The van der Waals surface area contributed by atoms with Gasteiger partial charge in [0.1, 0.15) is 5.78 Å². The van der Waals surface area contributed by atoms with Crippen LogP contribution in [0.3, 0.4) is 0 Å². The van der Waals surface area contributed by atoms with E-state index in [2.05, 4.69) is 24.3 Å². The molecule has 1 saturated carbocycles. The summed E-state index contributed by atoms with van der Waals surface area (Å²) in [5, 5.41) is 0. The van der Waals surface area contributed by atoms with Crippen LogP contribution in [0.2, 0.25) is 0 Å². The number of carbonyl (C=O) groups excluding carboxylic acids is 1. The summed E-state index contributed by atoms with van der Waals surface area (Å²) >= 11 is 0. The quantitative estimate of drug-likeness (QED) is 0.713. The summed E-state index contributed by atoms with van der Waals surface area (Å²) in [6, 6.07) is 8.59. The van der Waals surface area contributed by atoms with Gasteiger partial charge in [0, 0.05) is 12.8 Å². The molecule has 0 saturated heterocycles. The average molecular weight is 228 g/mol. The molecule has 0 amide bonds. The van der Waals surface area contributed by atoms with Crippen LogP contribution in [0.5, 0.6) is 0 Å². The van der Waals surface area contributed by atoms with Gasteiger partial charge in [0.05, 0.1) is 0 Å². The molecule has 17 heavy (non-hydrogen) atoms. The fourth-order valence-electron chi connectivity index (χ4n) is 3.65.